The molecule has 0 atom stereocenters. The van der Waals surface area contributed by atoms with Crippen LogP contribution < -0.4 is 4.90 Å². The van der Waals surface area contributed by atoms with E-state index in [1.807, 2.05) is 0 Å². The summed E-state index contributed by atoms with van der Waals surface area (Å²) in [6.45, 7) is 2.37. The van der Waals surface area contributed by atoms with Crippen LogP contribution >= 0.6 is 0 Å². The molecule has 4 nitrogen and oxygen atoms in total. The van der Waals surface area contributed by atoms with E-state index in [1.54, 1.807) is 47.4 Å². The first-order valence-electron chi connectivity index (χ1n) is 8.76. The highest BCUT2D eigenvalue weighted by Crippen LogP contribution is 2.26. The molecule has 0 unspecified atom stereocenters. The summed E-state index contributed by atoms with van der Waals surface area (Å²) < 4.78 is 32.5. The summed E-state index contributed by atoms with van der Waals surface area (Å²) in [5, 5.41) is 0. The molecule has 0 aliphatic carbocycles. The highest BCUT2D eigenvalue weighted by atomic mass is 19.1. The minimum absolute atomic E-state index is 0.198. The molecular formula is C21H18F2N2O2. The van der Waals surface area contributed by atoms with Crippen LogP contribution in [0.25, 0.3) is 11.3 Å². The molecule has 27 heavy (non-hydrogen) atoms. The van der Waals surface area contributed by atoms with E-state index in [0.717, 1.165) is 5.69 Å². The summed E-state index contributed by atoms with van der Waals surface area (Å²) in [7, 11) is 0. The second-order valence-corrected chi connectivity index (χ2v) is 6.40. The molecule has 0 spiro atoms. The molecule has 1 aromatic heterocycles. The average molecular weight is 368 g/mol. The lowest BCUT2D eigenvalue weighted by atomic mass is 10.1. The predicted molar refractivity (Wildman–Crippen MR) is 98.6 cm³/mol. The fraction of sp³-hybridized carbons (Fsp3) is 0.190. The van der Waals surface area contributed by atoms with Gasteiger partial charge in [0.2, 0.25) is 0 Å². The van der Waals surface area contributed by atoms with Gasteiger partial charge in [0.15, 0.2) is 5.76 Å². The first kappa shape index (κ1) is 17.3. The SMILES string of the molecule is O=C(c1ccc(-c2ccccc2F)o1)N1CCN(c2ccc(F)cc2)CC1. The Labute approximate surface area is 155 Å². The molecule has 1 amide bonds. The molecule has 4 rings (SSSR count). The number of hydrogen-bond acceptors (Lipinski definition) is 3. The first-order valence-corrected chi connectivity index (χ1v) is 8.76. The van der Waals surface area contributed by atoms with Crippen molar-refractivity contribution in [2.45, 2.75) is 0 Å². The molecular weight excluding hydrogens is 350 g/mol. The van der Waals surface area contributed by atoms with Gasteiger partial charge in [-0.2, -0.15) is 0 Å². The summed E-state index contributed by atoms with van der Waals surface area (Å²) in [6.07, 6.45) is 0. The molecule has 0 N–H and O–H groups in total. The third kappa shape index (κ3) is 3.56. The number of halogens is 2. The van der Waals surface area contributed by atoms with Gasteiger partial charge in [-0.15, -0.1) is 0 Å². The summed E-state index contributed by atoms with van der Waals surface area (Å²) in [5.41, 5.74) is 1.26. The van der Waals surface area contributed by atoms with E-state index in [2.05, 4.69) is 4.90 Å². The predicted octanol–water partition coefficient (Wildman–Crippen LogP) is 4.19. The Morgan fingerprint density at radius 3 is 2.26 bits per heavy atom. The van der Waals surface area contributed by atoms with Crippen LogP contribution in [0.2, 0.25) is 0 Å². The van der Waals surface area contributed by atoms with Crippen molar-refractivity contribution >= 4 is 11.6 Å². The number of amides is 1. The van der Waals surface area contributed by atoms with Gasteiger partial charge in [0.05, 0.1) is 5.56 Å². The molecule has 1 aliphatic rings. The second kappa shape index (κ2) is 7.23. The van der Waals surface area contributed by atoms with E-state index >= 15 is 0 Å². The topological polar surface area (TPSA) is 36.7 Å². The van der Waals surface area contributed by atoms with Crippen molar-refractivity contribution in [1.29, 1.82) is 0 Å². The molecule has 2 aromatic carbocycles. The number of anilines is 1. The Morgan fingerprint density at radius 2 is 1.56 bits per heavy atom. The third-order valence-electron chi connectivity index (χ3n) is 4.71. The van der Waals surface area contributed by atoms with E-state index in [0.29, 0.717) is 37.5 Å². The van der Waals surface area contributed by atoms with Gasteiger partial charge in [0.25, 0.3) is 5.91 Å². The van der Waals surface area contributed by atoms with Crippen LogP contribution in [-0.2, 0) is 0 Å². The minimum Gasteiger partial charge on any atom is -0.451 e. The Balaban J connectivity index is 1.43. The molecule has 6 heteroatoms. The molecule has 1 fully saturated rings. The van der Waals surface area contributed by atoms with Crippen LogP contribution in [0.4, 0.5) is 14.5 Å². The molecule has 1 saturated heterocycles. The average Bonchev–Trinajstić information content (AvgIpc) is 3.18. The molecule has 3 aromatic rings. The van der Waals surface area contributed by atoms with Gasteiger partial charge in [0, 0.05) is 31.9 Å². The summed E-state index contributed by atoms with van der Waals surface area (Å²) in [4.78, 5) is 16.5. The zero-order valence-corrected chi connectivity index (χ0v) is 14.6. The smallest absolute Gasteiger partial charge is 0.289 e. The van der Waals surface area contributed by atoms with Gasteiger partial charge >= 0.3 is 0 Å². The highest BCUT2D eigenvalue weighted by molar-refractivity contribution is 5.92. The molecule has 0 radical (unpaired) electrons. The number of carbonyl (C=O) groups excluding carboxylic acids is 1. The Kier molecular flexibility index (Phi) is 4.62. The van der Waals surface area contributed by atoms with E-state index in [1.165, 1.54) is 18.2 Å². The van der Waals surface area contributed by atoms with Crippen molar-refractivity contribution < 1.29 is 18.0 Å². The Hall–Kier alpha value is -3.15. The summed E-state index contributed by atoms with van der Waals surface area (Å²) in [6, 6.07) is 15.8. The lowest BCUT2D eigenvalue weighted by Crippen LogP contribution is -2.48. The highest BCUT2D eigenvalue weighted by Gasteiger charge is 2.25. The van der Waals surface area contributed by atoms with Crippen LogP contribution in [0.1, 0.15) is 10.6 Å². The van der Waals surface area contributed by atoms with E-state index in [9.17, 15) is 13.6 Å². The van der Waals surface area contributed by atoms with E-state index in [4.69, 9.17) is 4.42 Å². The maximum absolute atomic E-state index is 13.9. The number of hydrogen-bond donors (Lipinski definition) is 0. The number of benzene rings is 2. The van der Waals surface area contributed by atoms with Gasteiger partial charge in [0.1, 0.15) is 17.4 Å². The van der Waals surface area contributed by atoms with Gasteiger partial charge in [-0.25, -0.2) is 8.78 Å². The van der Waals surface area contributed by atoms with Crippen molar-refractivity contribution in [2.24, 2.45) is 0 Å². The number of furan rings is 1. The van der Waals surface area contributed by atoms with Gasteiger partial charge in [-0.1, -0.05) is 12.1 Å². The van der Waals surface area contributed by atoms with Crippen molar-refractivity contribution in [3.05, 3.63) is 78.1 Å². The Morgan fingerprint density at radius 1 is 0.852 bits per heavy atom. The lowest BCUT2D eigenvalue weighted by Gasteiger charge is -2.35. The van der Waals surface area contributed by atoms with Crippen LogP contribution in [0.3, 0.4) is 0 Å². The number of piperazine rings is 1. The standard InChI is InChI=1S/C21H18F2N2O2/c22-15-5-7-16(8-6-15)24-11-13-25(14-12-24)21(26)20-10-9-19(27-20)17-3-1-2-4-18(17)23/h1-10H,11-14H2. The maximum atomic E-state index is 13.9. The molecule has 0 saturated carbocycles. The van der Waals surface area contributed by atoms with E-state index < -0.39 is 5.82 Å². The number of nitrogens with zero attached hydrogens (tertiary/aromatic N) is 2. The third-order valence-corrected chi connectivity index (χ3v) is 4.71. The van der Waals surface area contributed by atoms with Gasteiger partial charge in [-0.3, -0.25) is 4.79 Å². The number of rotatable bonds is 3. The zero-order valence-electron chi connectivity index (χ0n) is 14.6. The van der Waals surface area contributed by atoms with Crippen molar-refractivity contribution in [3.8, 4) is 11.3 Å². The molecule has 0 bridgehead atoms. The van der Waals surface area contributed by atoms with Gasteiger partial charge in [-0.05, 0) is 48.5 Å². The monoisotopic (exact) mass is 368 g/mol. The van der Waals surface area contributed by atoms with Crippen LogP contribution in [0, 0.1) is 11.6 Å². The fourth-order valence-electron chi connectivity index (χ4n) is 3.23. The van der Waals surface area contributed by atoms with Crippen LogP contribution in [0.15, 0.2) is 65.1 Å². The largest absolute Gasteiger partial charge is 0.451 e. The minimum atomic E-state index is -0.390. The zero-order chi connectivity index (χ0) is 18.8. The first-order chi connectivity index (χ1) is 13.1. The normalized spacial score (nSPS) is 14.4. The Bertz CT molecular complexity index is 945. The van der Waals surface area contributed by atoms with Crippen molar-refractivity contribution in [3.63, 3.8) is 0 Å². The van der Waals surface area contributed by atoms with Crippen molar-refractivity contribution in [2.75, 3.05) is 31.1 Å². The second-order valence-electron chi connectivity index (χ2n) is 6.40. The molecule has 1 aliphatic heterocycles. The fourth-order valence-corrected chi connectivity index (χ4v) is 3.23. The summed E-state index contributed by atoms with van der Waals surface area (Å²) >= 11 is 0. The lowest BCUT2D eigenvalue weighted by molar-refractivity contribution is 0.0715. The number of carbonyl (C=O) groups is 1. The summed E-state index contributed by atoms with van der Waals surface area (Å²) in [5.74, 6) is -0.337. The van der Waals surface area contributed by atoms with Crippen LogP contribution in [-0.4, -0.2) is 37.0 Å². The molecule has 2 heterocycles. The molecule has 138 valence electrons. The maximum Gasteiger partial charge on any atom is 0.289 e. The van der Waals surface area contributed by atoms with E-state index in [-0.39, 0.29) is 17.5 Å². The quantitative estimate of drug-likeness (QED) is 0.696. The van der Waals surface area contributed by atoms with Crippen molar-refractivity contribution in [1.82, 2.24) is 4.90 Å². The van der Waals surface area contributed by atoms with Crippen LogP contribution in [0.5, 0.6) is 0 Å². The van der Waals surface area contributed by atoms with Gasteiger partial charge < -0.3 is 14.2 Å².